The van der Waals surface area contributed by atoms with Gasteiger partial charge in [0, 0.05) is 18.0 Å². The minimum Gasteiger partial charge on any atom is -0.400 e. The number of rotatable bonds is 7. The van der Waals surface area contributed by atoms with E-state index >= 15 is 0 Å². The first-order valence-corrected chi connectivity index (χ1v) is 9.53. The summed E-state index contributed by atoms with van der Waals surface area (Å²) in [6.45, 7) is 0.528. The van der Waals surface area contributed by atoms with Crippen molar-refractivity contribution in [2.24, 2.45) is 5.16 Å². The van der Waals surface area contributed by atoms with Crippen LogP contribution in [0, 0.1) is 0 Å². The van der Waals surface area contributed by atoms with Crippen molar-refractivity contribution in [2.45, 2.75) is 20.0 Å². The van der Waals surface area contributed by atoms with Gasteiger partial charge in [-0.3, -0.25) is 9.05 Å². The molecule has 0 aliphatic heterocycles. The molecule has 12 heteroatoms. The SMILES string of the molecule is CCOP(=S)(OCC)OC(=NOC)c1ncc(C(F)(F)F)cc1Cl. The summed E-state index contributed by atoms with van der Waals surface area (Å²) >= 11 is 11.0. The largest absolute Gasteiger partial charge is 0.417 e. The zero-order valence-electron chi connectivity index (χ0n) is 13.0. The molecule has 0 aromatic carbocycles. The van der Waals surface area contributed by atoms with Crippen molar-refractivity contribution < 1.29 is 31.6 Å². The zero-order valence-corrected chi connectivity index (χ0v) is 15.4. The molecule has 0 spiro atoms. The predicted molar refractivity (Wildman–Crippen MR) is 86.4 cm³/mol. The highest BCUT2D eigenvalue weighted by Gasteiger charge is 2.33. The van der Waals surface area contributed by atoms with Gasteiger partial charge in [0.15, 0.2) is 0 Å². The quantitative estimate of drug-likeness (QED) is 0.290. The number of aromatic nitrogens is 1. The van der Waals surface area contributed by atoms with E-state index in [0.29, 0.717) is 12.3 Å². The van der Waals surface area contributed by atoms with Gasteiger partial charge in [-0.05, 0) is 25.1 Å². The van der Waals surface area contributed by atoms with Crippen LogP contribution in [0.15, 0.2) is 17.4 Å². The molecule has 24 heavy (non-hydrogen) atoms. The maximum Gasteiger partial charge on any atom is 0.417 e. The smallest absolute Gasteiger partial charge is 0.400 e. The molecule has 0 amide bonds. The van der Waals surface area contributed by atoms with Crippen molar-refractivity contribution in [1.82, 2.24) is 4.98 Å². The summed E-state index contributed by atoms with van der Waals surface area (Å²) in [6, 6.07) is 0.698. The van der Waals surface area contributed by atoms with E-state index in [1.165, 1.54) is 7.11 Å². The Morgan fingerprint density at radius 3 is 2.33 bits per heavy atom. The number of nitrogens with zero attached hydrogens (tertiary/aromatic N) is 2. The van der Waals surface area contributed by atoms with Crippen LogP contribution in [0.1, 0.15) is 25.1 Å². The van der Waals surface area contributed by atoms with Gasteiger partial charge in [0.1, 0.15) is 12.8 Å². The van der Waals surface area contributed by atoms with Crippen LogP contribution < -0.4 is 0 Å². The van der Waals surface area contributed by atoms with E-state index in [1.54, 1.807) is 13.8 Å². The molecule has 0 aliphatic rings. The minimum atomic E-state index is -4.58. The van der Waals surface area contributed by atoms with Crippen LogP contribution in [0.5, 0.6) is 0 Å². The van der Waals surface area contributed by atoms with E-state index in [2.05, 4.69) is 15.0 Å². The van der Waals surface area contributed by atoms with Crippen molar-refractivity contribution >= 4 is 36.0 Å². The van der Waals surface area contributed by atoms with Crippen LogP contribution in [-0.4, -0.2) is 31.2 Å². The fourth-order valence-corrected chi connectivity index (χ4v) is 3.68. The average molecular weight is 407 g/mol. The molecule has 0 atom stereocenters. The van der Waals surface area contributed by atoms with Crippen molar-refractivity contribution in [1.29, 1.82) is 0 Å². The number of pyridine rings is 1. The molecule has 0 saturated heterocycles. The van der Waals surface area contributed by atoms with Gasteiger partial charge in [-0.25, -0.2) is 4.98 Å². The second-order valence-electron chi connectivity index (χ2n) is 4.01. The lowest BCUT2D eigenvalue weighted by Gasteiger charge is -2.21. The van der Waals surface area contributed by atoms with Crippen molar-refractivity contribution in [3.63, 3.8) is 0 Å². The van der Waals surface area contributed by atoms with Crippen LogP contribution in [0.3, 0.4) is 0 Å². The third-order valence-electron chi connectivity index (χ3n) is 2.32. The van der Waals surface area contributed by atoms with Crippen molar-refractivity contribution in [2.75, 3.05) is 20.3 Å². The third kappa shape index (κ3) is 5.86. The van der Waals surface area contributed by atoms with E-state index < -0.39 is 18.5 Å². The lowest BCUT2D eigenvalue weighted by Crippen LogP contribution is -2.13. The Morgan fingerprint density at radius 2 is 1.92 bits per heavy atom. The van der Waals surface area contributed by atoms with Gasteiger partial charge in [-0.2, -0.15) is 13.2 Å². The number of alkyl halides is 3. The Kier molecular flexibility index (Phi) is 7.88. The number of hydrogen-bond acceptors (Lipinski definition) is 7. The predicted octanol–water partition coefficient (Wildman–Crippen LogP) is 4.38. The van der Waals surface area contributed by atoms with Crippen LogP contribution in [-0.2, 0) is 36.4 Å². The average Bonchev–Trinajstić information content (AvgIpc) is 2.46. The lowest BCUT2D eigenvalue weighted by atomic mass is 10.2. The fourth-order valence-electron chi connectivity index (χ4n) is 1.45. The summed E-state index contributed by atoms with van der Waals surface area (Å²) < 4.78 is 54.0. The monoisotopic (exact) mass is 406 g/mol. The molecular formula is C12H15ClF3N2O4PS. The van der Waals surface area contributed by atoms with Gasteiger partial charge in [0.05, 0.1) is 23.8 Å². The van der Waals surface area contributed by atoms with Gasteiger partial charge in [0.2, 0.25) is 0 Å². The van der Waals surface area contributed by atoms with Crippen LogP contribution >= 0.6 is 18.3 Å². The first-order valence-electron chi connectivity index (χ1n) is 6.59. The van der Waals surface area contributed by atoms with Crippen molar-refractivity contribution in [3.05, 3.63) is 28.5 Å². The molecule has 1 heterocycles. The van der Waals surface area contributed by atoms with E-state index in [4.69, 9.17) is 37.0 Å². The Hall–Kier alpha value is -0.930. The molecule has 0 aliphatic carbocycles. The zero-order chi connectivity index (χ0) is 18.4. The van der Waals surface area contributed by atoms with Gasteiger partial charge in [0.25, 0.3) is 5.90 Å². The van der Waals surface area contributed by atoms with Gasteiger partial charge in [-0.1, -0.05) is 11.6 Å². The number of hydrogen-bond donors (Lipinski definition) is 0. The third-order valence-corrected chi connectivity index (χ3v) is 5.01. The molecule has 0 saturated carbocycles. The number of oxime groups is 1. The van der Waals surface area contributed by atoms with E-state index in [0.717, 1.165) is 0 Å². The molecule has 0 bridgehead atoms. The molecule has 1 aromatic rings. The van der Waals surface area contributed by atoms with Gasteiger partial charge in [-0.15, -0.1) is 0 Å². The van der Waals surface area contributed by atoms with Gasteiger partial charge >= 0.3 is 12.9 Å². The molecule has 0 N–H and O–H groups in total. The maximum absolute atomic E-state index is 12.7. The van der Waals surface area contributed by atoms with E-state index in [1.807, 2.05) is 0 Å². The number of halogens is 4. The summed E-state index contributed by atoms with van der Waals surface area (Å²) in [5.41, 5.74) is -1.19. The molecule has 1 aromatic heterocycles. The minimum absolute atomic E-state index is 0.180. The molecule has 0 radical (unpaired) electrons. The fraction of sp³-hybridized carbons (Fsp3) is 0.500. The second-order valence-corrected chi connectivity index (χ2v) is 7.35. The second kappa shape index (κ2) is 8.96. The molecule has 0 unspecified atom stereocenters. The summed E-state index contributed by atoms with van der Waals surface area (Å²) in [5.74, 6) is -0.332. The van der Waals surface area contributed by atoms with E-state index in [-0.39, 0.29) is 29.8 Å². The van der Waals surface area contributed by atoms with Crippen LogP contribution in [0.4, 0.5) is 13.2 Å². The highest BCUT2D eigenvalue weighted by Crippen LogP contribution is 2.50. The molecule has 1 rings (SSSR count). The Balaban J connectivity index is 3.22. The summed E-state index contributed by atoms with van der Waals surface area (Å²) in [6.07, 6.45) is -3.99. The summed E-state index contributed by atoms with van der Waals surface area (Å²) in [4.78, 5) is 8.26. The summed E-state index contributed by atoms with van der Waals surface area (Å²) in [7, 11) is 1.21. The maximum atomic E-state index is 12.7. The highest BCUT2D eigenvalue weighted by molar-refractivity contribution is 8.07. The van der Waals surface area contributed by atoms with Crippen molar-refractivity contribution in [3.8, 4) is 0 Å². The Morgan fingerprint density at radius 1 is 1.33 bits per heavy atom. The molecule has 0 fully saturated rings. The standard InChI is InChI=1S/C12H15ClF3N2O4PS/c1-4-20-23(24,21-5-2)22-11(18-19-3)10-9(13)6-8(7-17-10)12(14,15)16/h6-7H,4-5H2,1-3H3. The summed E-state index contributed by atoms with van der Waals surface area (Å²) in [5, 5.41) is 3.23. The van der Waals surface area contributed by atoms with E-state index in [9.17, 15) is 13.2 Å². The van der Waals surface area contributed by atoms with Gasteiger partial charge < -0.3 is 9.36 Å². The lowest BCUT2D eigenvalue weighted by molar-refractivity contribution is -0.137. The Labute approximate surface area is 147 Å². The van der Waals surface area contributed by atoms with Crippen LogP contribution in [0.2, 0.25) is 5.02 Å². The topological polar surface area (TPSA) is 62.2 Å². The van der Waals surface area contributed by atoms with Crippen LogP contribution in [0.25, 0.3) is 0 Å². The Bertz CT molecular complexity index is 635. The highest BCUT2D eigenvalue weighted by atomic mass is 35.5. The molecular weight excluding hydrogens is 392 g/mol. The normalized spacial score (nSPS) is 13.0. The molecule has 6 nitrogen and oxygen atoms in total. The molecule has 136 valence electrons. The first kappa shape index (κ1) is 21.1. The first-order chi connectivity index (χ1) is 11.2.